The second-order valence-electron chi connectivity index (χ2n) is 9.45. The summed E-state index contributed by atoms with van der Waals surface area (Å²) in [7, 11) is 2.59. The summed E-state index contributed by atoms with van der Waals surface area (Å²) in [4.78, 5) is 13.5. The van der Waals surface area contributed by atoms with Gasteiger partial charge in [-0.15, -0.1) is 8.80 Å². The Morgan fingerprint density at radius 2 is 1.86 bits per heavy atom. The van der Waals surface area contributed by atoms with E-state index >= 15 is 0 Å². The van der Waals surface area contributed by atoms with Crippen molar-refractivity contribution in [1.29, 1.82) is 0 Å². The number of carbonyl (C=O) groups excluding carboxylic acids is 1. The number of halogens is 3. The average Bonchev–Trinajstić information content (AvgIpc) is 3.38. The van der Waals surface area contributed by atoms with Crippen LogP contribution in [0.4, 0.5) is 13.2 Å². The normalized spacial score (nSPS) is 21.4. The van der Waals surface area contributed by atoms with E-state index in [0.717, 1.165) is 16.5 Å². The lowest BCUT2D eigenvalue weighted by Crippen LogP contribution is -2.43. The predicted octanol–water partition coefficient (Wildman–Crippen LogP) is 4.04. The first-order valence-corrected chi connectivity index (χ1v) is 12.4. The summed E-state index contributed by atoms with van der Waals surface area (Å²) in [5.74, 6) is -3.06. The highest BCUT2D eigenvalue weighted by Gasteiger charge is 2.47. The number of nitrogens with zero attached hydrogens (tertiary/aromatic N) is 3. The van der Waals surface area contributed by atoms with Gasteiger partial charge in [-0.05, 0) is 29.9 Å². The smallest absolute Gasteiger partial charge is 0.396 e. The van der Waals surface area contributed by atoms with Crippen LogP contribution in [0.5, 0.6) is 0 Å². The molecular weight excluding hydrogens is 499 g/mol. The number of allylic oxidation sites excluding steroid dienone is 1. The second-order valence-corrected chi connectivity index (χ2v) is 10.3. The molecule has 2 heterocycles. The van der Waals surface area contributed by atoms with Crippen molar-refractivity contribution in [3.8, 4) is 0 Å². The Kier molecular flexibility index (Phi) is 8.01. The first kappa shape index (κ1) is 27.5. The fourth-order valence-electron chi connectivity index (χ4n) is 3.77. The monoisotopic (exact) mass is 529 g/mol. The van der Waals surface area contributed by atoms with Gasteiger partial charge in [0, 0.05) is 14.1 Å². The third kappa shape index (κ3) is 5.82. The zero-order valence-electron chi connectivity index (χ0n) is 20.8. The average molecular weight is 530 g/mol. The van der Waals surface area contributed by atoms with Crippen LogP contribution in [0.1, 0.15) is 57.4 Å². The Hall–Kier alpha value is -3.09. The molecule has 2 unspecified atom stereocenters. The van der Waals surface area contributed by atoms with E-state index in [9.17, 15) is 27.3 Å². The van der Waals surface area contributed by atoms with Gasteiger partial charge in [-0.2, -0.15) is 13.2 Å². The molecule has 0 saturated heterocycles. The van der Waals surface area contributed by atoms with Gasteiger partial charge in [0.25, 0.3) is 17.1 Å². The topological polar surface area (TPSA) is 120 Å². The maximum atomic E-state index is 13.6. The zero-order chi connectivity index (χ0) is 26.9. The molecule has 13 heteroatoms. The highest BCUT2D eigenvalue weighted by atomic mass is 32.2. The zero-order valence-corrected chi connectivity index (χ0v) is 21.6. The van der Waals surface area contributed by atoms with Gasteiger partial charge in [-0.3, -0.25) is 4.79 Å². The molecule has 0 bridgehead atoms. The van der Waals surface area contributed by atoms with Gasteiger partial charge < -0.3 is 25.1 Å². The van der Waals surface area contributed by atoms with Gasteiger partial charge in [0.15, 0.2) is 11.7 Å². The van der Waals surface area contributed by atoms with E-state index in [1.54, 1.807) is 6.26 Å². The molecule has 1 amide bonds. The molecule has 36 heavy (non-hydrogen) atoms. The lowest BCUT2D eigenvalue weighted by Gasteiger charge is -2.29. The van der Waals surface area contributed by atoms with Crippen LogP contribution in [-0.2, 0) is 16.0 Å². The van der Waals surface area contributed by atoms with Gasteiger partial charge in [0.1, 0.15) is 11.5 Å². The minimum absolute atomic E-state index is 0.00759. The SMILES string of the molecule is CC(C)c1coc([C@H](NC2=NS(=O)N=C2NC2=CCC(C(F)(F)F)C(C(=O)N(C)C)=C2O)C(C)C)c1. The Bertz CT molecular complexity index is 1160. The Labute approximate surface area is 210 Å². The molecule has 1 aromatic heterocycles. The maximum Gasteiger partial charge on any atom is 0.396 e. The van der Waals surface area contributed by atoms with Crippen molar-refractivity contribution in [1.82, 2.24) is 15.5 Å². The van der Waals surface area contributed by atoms with Gasteiger partial charge in [-0.1, -0.05) is 33.8 Å². The molecule has 3 atom stereocenters. The van der Waals surface area contributed by atoms with Crippen LogP contribution in [0, 0.1) is 11.8 Å². The molecule has 0 aromatic carbocycles. The van der Waals surface area contributed by atoms with E-state index in [1.165, 1.54) is 14.1 Å². The lowest BCUT2D eigenvalue weighted by molar-refractivity contribution is -0.168. The van der Waals surface area contributed by atoms with Crippen LogP contribution in [0.2, 0.25) is 0 Å². The van der Waals surface area contributed by atoms with E-state index < -0.39 is 46.9 Å². The number of carbonyl (C=O) groups is 1. The Morgan fingerprint density at radius 1 is 1.22 bits per heavy atom. The van der Waals surface area contributed by atoms with E-state index in [0.29, 0.717) is 5.76 Å². The van der Waals surface area contributed by atoms with Crippen molar-refractivity contribution in [3.63, 3.8) is 0 Å². The molecule has 3 N–H and O–H groups in total. The van der Waals surface area contributed by atoms with Gasteiger partial charge in [-0.25, -0.2) is 4.21 Å². The summed E-state index contributed by atoms with van der Waals surface area (Å²) in [5, 5.41) is 16.5. The number of amides is 1. The standard InChI is InChI=1S/C23H30F3N5O4S/c1-11(2)13-9-16(35-10-13)18(12(3)4)28-21-20(29-36(34)30-21)27-15-8-7-14(23(24,25)26)17(19(15)32)22(33)31(5)6/h8-12,14,18,32H,7H2,1-6H3,(H,27,29)(H,28,30)/t14?,18-,36?/m1/s1. The third-order valence-electron chi connectivity index (χ3n) is 5.84. The number of likely N-dealkylation sites (N-methyl/N-ethyl adjacent to an activating group) is 1. The molecule has 0 spiro atoms. The number of furan rings is 1. The maximum absolute atomic E-state index is 13.6. The number of rotatable bonds is 6. The minimum atomic E-state index is -4.74. The number of hydrogen-bond acceptors (Lipinski definition) is 6. The molecule has 198 valence electrons. The number of nitrogens with one attached hydrogen (secondary N) is 2. The summed E-state index contributed by atoms with van der Waals surface area (Å²) in [6, 6.07) is 1.52. The Balaban J connectivity index is 1.89. The van der Waals surface area contributed by atoms with Crippen molar-refractivity contribution in [2.24, 2.45) is 20.6 Å². The minimum Gasteiger partial charge on any atom is -0.505 e. The quantitative estimate of drug-likeness (QED) is 0.512. The molecule has 3 rings (SSSR count). The summed E-state index contributed by atoms with van der Waals surface area (Å²) >= 11 is -1.99. The van der Waals surface area contributed by atoms with Crippen molar-refractivity contribution in [2.75, 3.05) is 14.1 Å². The van der Waals surface area contributed by atoms with E-state index in [2.05, 4.69) is 19.4 Å². The van der Waals surface area contributed by atoms with Crippen LogP contribution in [0.15, 0.2) is 48.6 Å². The summed E-state index contributed by atoms with van der Waals surface area (Å²) in [5.41, 5.74) is 0.0655. The molecule has 9 nitrogen and oxygen atoms in total. The number of aliphatic hydroxyl groups is 1. The van der Waals surface area contributed by atoms with E-state index in [-0.39, 0.29) is 35.2 Å². The molecule has 1 aromatic rings. The van der Waals surface area contributed by atoms with Crippen molar-refractivity contribution >= 4 is 28.8 Å². The summed E-state index contributed by atoms with van der Waals surface area (Å²) < 4.78 is 66.5. The second kappa shape index (κ2) is 10.5. The Morgan fingerprint density at radius 3 is 2.39 bits per heavy atom. The lowest BCUT2D eigenvalue weighted by atomic mass is 9.87. The van der Waals surface area contributed by atoms with Crippen LogP contribution in [-0.4, -0.2) is 52.1 Å². The molecular formula is C23H30F3N5O4S. The predicted molar refractivity (Wildman–Crippen MR) is 130 cm³/mol. The van der Waals surface area contributed by atoms with Crippen LogP contribution in [0.3, 0.4) is 0 Å². The van der Waals surface area contributed by atoms with Crippen LogP contribution >= 0.6 is 0 Å². The molecule has 2 aliphatic rings. The number of hydrogen-bond donors (Lipinski definition) is 3. The van der Waals surface area contributed by atoms with E-state index in [1.807, 2.05) is 33.8 Å². The van der Waals surface area contributed by atoms with Gasteiger partial charge in [0.05, 0.1) is 29.5 Å². The van der Waals surface area contributed by atoms with Crippen LogP contribution in [0.25, 0.3) is 0 Å². The highest BCUT2D eigenvalue weighted by molar-refractivity contribution is 7.83. The fourth-order valence-corrected chi connectivity index (χ4v) is 4.40. The number of amidine groups is 2. The van der Waals surface area contributed by atoms with E-state index in [4.69, 9.17) is 4.42 Å². The molecule has 0 radical (unpaired) electrons. The number of aliphatic hydroxyl groups excluding tert-OH is 1. The van der Waals surface area contributed by atoms with Crippen molar-refractivity contribution in [2.45, 2.75) is 52.3 Å². The van der Waals surface area contributed by atoms with Gasteiger partial charge in [0.2, 0.25) is 0 Å². The molecule has 0 saturated carbocycles. The summed E-state index contributed by atoms with van der Waals surface area (Å²) in [6.07, 6.45) is -2.52. The van der Waals surface area contributed by atoms with Crippen molar-refractivity contribution in [3.05, 3.63) is 46.8 Å². The molecule has 1 aliphatic carbocycles. The molecule has 1 aliphatic heterocycles. The number of alkyl halides is 3. The third-order valence-corrected chi connectivity index (χ3v) is 6.51. The van der Waals surface area contributed by atoms with Gasteiger partial charge >= 0.3 is 6.18 Å². The summed E-state index contributed by atoms with van der Waals surface area (Å²) in [6.45, 7) is 7.95. The first-order chi connectivity index (χ1) is 16.7. The largest absolute Gasteiger partial charge is 0.505 e. The fraction of sp³-hybridized carbons (Fsp3) is 0.522. The van der Waals surface area contributed by atoms with Crippen molar-refractivity contribution < 1.29 is 31.7 Å². The first-order valence-electron chi connectivity index (χ1n) is 11.3. The van der Waals surface area contributed by atoms with Crippen LogP contribution < -0.4 is 10.6 Å². The highest BCUT2D eigenvalue weighted by Crippen LogP contribution is 2.40. The molecule has 0 fully saturated rings.